The number of nitrogens with zero attached hydrogens (tertiary/aromatic N) is 2. The predicted octanol–water partition coefficient (Wildman–Crippen LogP) is 3.65. The first-order valence-electron chi connectivity index (χ1n) is 8.56. The SMILES string of the molecule is COc1ccc(CN2CCCN(C(=O)c3cccc(I)c3)CC2)cc1. The van der Waals surface area contributed by atoms with Crippen molar-refractivity contribution >= 4 is 28.5 Å². The number of rotatable bonds is 4. The van der Waals surface area contributed by atoms with Gasteiger partial charge in [0.2, 0.25) is 0 Å². The van der Waals surface area contributed by atoms with Gasteiger partial charge in [-0.05, 0) is 64.9 Å². The van der Waals surface area contributed by atoms with Crippen LogP contribution in [0, 0.1) is 3.57 Å². The second-order valence-corrected chi connectivity index (χ2v) is 7.53. The van der Waals surface area contributed by atoms with Crippen LogP contribution in [0.25, 0.3) is 0 Å². The van der Waals surface area contributed by atoms with Crippen LogP contribution in [0.4, 0.5) is 0 Å². The summed E-state index contributed by atoms with van der Waals surface area (Å²) in [6.07, 6.45) is 1.01. The summed E-state index contributed by atoms with van der Waals surface area (Å²) in [6, 6.07) is 16.0. The van der Waals surface area contributed by atoms with Gasteiger partial charge in [-0.1, -0.05) is 18.2 Å². The van der Waals surface area contributed by atoms with E-state index in [0.717, 1.165) is 54.0 Å². The Kier molecular flexibility index (Phi) is 6.31. The third kappa shape index (κ3) is 4.95. The van der Waals surface area contributed by atoms with Gasteiger partial charge in [0.25, 0.3) is 5.91 Å². The van der Waals surface area contributed by atoms with Gasteiger partial charge in [0.05, 0.1) is 7.11 Å². The lowest BCUT2D eigenvalue weighted by Gasteiger charge is -2.22. The molecule has 0 unspecified atom stereocenters. The molecule has 0 radical (unpaired) electrons. The van der Waals surface area contributed by atoms with E-state index < -0.39 is 0 Å². The minimum absolute atomic E-state index is 0.143. The standard InChI is InChI=1S/C20H23IN2O2/c1-25-19-8-6-16(7-9-19)15-22-10-3-11-23(13-12-22)20(24)17-4-2-5-18(21)14-17/h2,4-9,14H,3,10-13,15H2,1H3. The number of hydrogen-bond acceptors (Lipinski definition) is 3. The fourth-order valence-corrected chi connectivity index (χ4v) is 3.67. The molecule has 1 aliphatic rings. The summed E-state index contributed by atoms with van der Waals surface area (Å²) in [6.45, 7) is 4.43. The zero-order valence-electron chi connectivity index (χ0n) is 14.5. The Balaban J connectivity index is 1.59. The van der Waals surface area contributed by atoms with Crippen LogP contribution in [0.1, 0.15) is 22.3 Å². The number of amides is 1. The number of hydrogen-bond donors (Lipinski definition) is 0. The molecule has 1 aliphatic heterocycles. The molecule has 0 saturated carbocycles. The molecule has 4 nitrogen and oxygen atoms in total. The minimum atomic E-state index is 0.143. The topological polar surface area (TPSA) is 32.8 Å². The molecule has 2 aromatic rings. The summed E-state index contributed by atoms with van der Waals surface area (Å²) in [5.74, 6) is 1.03. The number of halogens is 1. The van der Waals surface area contributed by atoms with Crippen molar-refractivity contribution in [2.45, 2.75) is 13.0 Å². The molecule has 25 heavy (non-hydrogen) atoms. The summed E-state index contributed by atoms with van der Waals surface area (Å²) in [5.41, 5.74) is 2.06. The number of benzene rings is 2. The molecule has 2 aromatic carbocycles. The first kappa shape index (κ1) is 18.2. The average molecular weight is 450 g/mol. The van der Waals surface area contributed by atoms with E-state index in [2.05, 4.69) is 39.6 Å². The molecule has 0 bridgehead atoms. The minimum Gasteiger partial charge on any atom is -0.497 e. The zero-order chi connectivity index (χ0) is 17.6. The predicted molar refractivity (Wildman–Crippen MR) is 108 cm³/mol. The summed E-state index contributed by atoms with van der Waals surface area (Å²) in [5, 5.41) is 0. The Morgan fingerprint density at radius 3 is 2.60 bits per heavy atom. The normalized spacial score (nSPS) is 15.7. The van der Waals surface area contributed by atoms with E-state index in [1.165, 1.54) is 5.56 Å². The molecular weight excluding hydrogens is 427 g/mol. The van der Waals surface area contributed by atoms with E-state index >= 15 is 0 Å². The third-order valence-corrected chi connectivity index (χ3v) is 5.18. The average Bonchev–Trinajstić information content (AvgIpc) is 2.87. The van der Waals surface area contributed by atoms with Gasteiger partial charge in [-0.25, -0.2) is 0 Å². The highest BCUT2D eigenvalue weighted by Gasteiger charge is 2.20. The molecule has 0 aromatic heterocycles. The van der Waals surface area contributed by atoms with Gasteiger partial charge >= 0.3 is 0 Å². The molecule has 1 saturated heterocycles. The second kappa shape index (κ2) is 8.67. The van der Waals surface area contributed by atoms with E-state index in [9.17, 15) is 4.79 Å². The van der Waals surface area contributed by atoms with Crippen LogP contribution in [-0.4, -0.2) is 49.0 Å². The monoisotopic (exact) mass is 450 g/mol. The van der Waals surface area contributed by atoms with E-state index in [4.69, 9.17) is 4.74 Å². The van der Waals surface area contributed by atoms with Crippen LogP contribution in [0.15, 0.2) is 48.5 Å². The lowest BCUT2D eigenvalue weighted by molar-refractivity contribution is 0.0761. The van der Waals surface area contributed by atoms with Crippen LogP contribution < -0.4 is 4.74 Å². The largest absolute Gasteiger partial charge is 0.497 e. The van der Waals surface area contributed by atoms with Crippen molar-refractivity contribution in [3.05, 3.63) is 63.2 Å². The van der Waals surface area contributed by atoms with E-state index in [1.54, 1.807) is 7.11 Å². The number of carbonyl (C=O) groups excluding carboxylic acids is 1. The summed E-state index contributed by atoms with van der Waals surface area (Å²) < 4.78 is 6.31. The van der Waals surface area contributed by atoms with Crippen LogP contribution in [-0.2, 0) is 6.54 Å². The van der Waals surface area contributed by atoms with Gasteiger partial charge in [0.1, 0.15) is 5.75 Å². The molecule has 0 N–H and O–H groups in total. The van der Waals surface area contributed by atoms with Crippen molar-refractivity contribution < 1.29 is 9.53 Å². The van der Waals surface area contributed by atoms with Crippen LogP contribution in [0.3, 0.4) is 0 Å². The van der Waals surface area contributed by atoms with Gasteiger partial charge in [-0.2, -0.15) is 0 Å². The molecule has 3 rings (SSSR count). The molecule has 1 heterocycles. The lowest BCUT2D eigenvalue weighted by atomic mass is 10.2. The fourth-order valence-electron chi connectivity index (χ4n) is 3.13. The van der Waals surface area contributed by atoms with Crippen molar-refractivity contribution in [2.24, 2.45) is 0 Å². The third-order valence-electron chi connectivity index (χ3n) is 4.51. The van der Waals surface area contributed by atoms with Gasteiger partial charge in [0, 0.05) is 41.9 Å². The lowest BCUT2D eigenvalue weighted by Crippen LogP contribution is -2.35. The first-order valence-corrected chi connectivity index (χ1v) is 9.64. The van der Waals surface area contributed by atoms with Crippen molar-refractivity contribution in [2.75, 3.05) is 33.3 Å². The van der Waals surface area contributed by atoms with Crippen LogP contribution in [0.5, 0.6) is 5.75 Å². The van der Waals surface area contributed by atoms with E-state index in [0.29, 0.717) is 0 Å². The quantitative estimate of drug-likeness (QED) is 0.667. The van der Waals surface area contributed by atoms with Crippen molar-refractivity contribution in [3.63, 3.8) is 0 Å². The molecule has 132 valence electrons. The highest BCUT2D eigenvalue weighted by Crippen LogP contribution is 2.16. The summed E-state index contributed by atoms with van der Waals surface area (Å²) in [7, 11) is 1.68. The second-order valence-electron chi connectivity index (χ2n) is 6.28. The number of methoxy groups -OCH3 is 1. The first-order chi connectivity index (χ1) is 12.2. The molecule has 0 atom stereocenters. The smallest absolute Gasteiger partial charge is 0.253 e. The number of carbonyl (C=O) groups is 1. The zero-order valence-corrected chi connectivity index (χ0v) is 16.6. The van der Waals surface area contributed by atoms with Gasteiger partial charge in [-0.3, -0.25) is 9.69 Å². The van der Waals surface area contributed by atoms with E-state index in [1.807, 2.05) is 41.3 Å². The summed E-state index contributed by atoms with van der Waals surface area (Å²) in [4.78, 5) is 17.1. The fraction of sp³-hybridized carbons (Fsp3) is 0.350. The van der Waals surface area contributed by atoms with Crippen molar-refractivity contribution in [3.8, 4) is 5.75 Å². The van der Waals surface area contributed by atoms with Gasteiger partial charge < -0.3 is 9.64 Å². The maximum Gasteiger partial charge on any atom is 0.253 e. The Bertz CT molecular complexity index is 718. The highest BCUT2D eigenvalue weighted by atomic mass is 127. The van der Waals surface area contributed by atoms with Crippen LogP contribution in [0.2, 0.25) is 0 Å². The maximum absolute atomic E-state index is 12.7. The maximum atomic E-state index is 12.7. The Labute approximate surface area is 162 Å². The highest BCUT2D eigenvalue weighted by molar-refractivity contribution is 14.1. The van der Waals surface area contributed by atoms with Gasteiger partial charge in [-0.15, -0.1) is 0 Å². The molecule has 1 fully saturated rings. The van der Waals surface area contributed by atoms with E-state index in [-0.39, 0.29) is 5.91 Å². The Hall–Kier alpha value is -1.60. The molecule has 5 heteroatoms. The molecule has 1 amide bonds. The van der Waals surface area contributed by atoms with Crippen LogP contribution >= 0.6 is 22.6 Å². The summed E-state index contributed by atoms with van der Waals surface area (Å²) >= 11 is 2.25. The van der Waals surface area contributed by atoms with Crippen molar-refractivity contribution in [1.82, 2.24) is 9.80 Å². The Morgan fingerprint density at radius 1 is 1.08 bits per heavy atom. The molecule has 0 spiro atoms. The Morgan fingerprint density at radius 2 is 1.88 bits per heavy atom. The molecule has 0 aliphatic carbocycles. The van der Waals surface area contributed by atoms with Gasteiger partial charge in [0.15, 0.2) is 0 Å². The van der Waals surface area contributed by atoms with Crippen molar-refractivity contribution in [1.29, 1.82) is 0 Å². The number of ether oxygens (including phenoxy) is 1. The molecular formula is C20H23IN2O2.